The predicted octanol–water partition coefficient (Wildman–Crippen LogP) is 6.07. The van der Waals surface area contributed by atoms with Gasteiger partial charge in [-0.15, -0.1) is 0 Å². The van der Waals surface area contributed by atoms with E-state index < -0.39 is 0 Å². The van der Waals surface area contributed by atoms with Gasteiger partial charge in [0.25, 0.3) is 5.91 Å². The maximum absolute atomic E-state index is 12.8. The van der Waals surface area contributed by atoms with Gasteiger partial charge in [0.2, 0.25) is 0 Å². The molecule has 0 aliphatic carbocycles. The van der Waals surface area contributed by atoms with E-state index in [4.69, 9.17) is 14.5 Å². The number of aryl methyl sites for hydroxylation is 1. The van der Waals surface area contributed by atoms with Gasteiger partial charge in [-0.2, -0.15) is 0 Å². The van der Waals surface area contributed by atoms with Crippen LogP contribution in [0.4, 0.5) is 5.69 Å². The molecule has 3 aromatic carbocycles. The number of amidine groups is 1. The molecule has 0 N–H and O–H groups in total. The average Bonchev–Trinajstić information content (AvgIpc) is 3.11. The SMILES string of the molecule is CCc1ccccc1N=C1S/C(=C/c2ccc(OCc3ccccc3)c(OC)c2)C(=O)N1C. The second-order valence-electron chi connectivity index (χ2n) is 7.54. The number of ether oxygens (including phenoxy) is 2. The molecule has 4 rings (SSSR count). The van der Waals surface area contributed by atoms with Crippen molar-refractivity contribution in [2.45, 2.75) is 20.0 Å². The van der Waals surface area contributed by atoms with Crippen LogP contribution in [0, 0.1) is 0 Å². The van der Waals surface area contributed by atoms with Crippen LogP contribution in [-0.4, -0.2) is 30.1 Å². The van der Waals surface area contributed by atoms with Gasteiger partial charge in [0.15, 0.2) is 16.7 Å². The minimum absolute atomic E-state index is 0.0731. The van der Waals surface area contributed by atoms with Gasteiger partial charge < -0.3 is 9.47 Å². The monoisotopic (exact) mass is 458 g/mol. The minimum Gasteiger partial charge on any atom is -0.493 e. The Morgan fingerprint density at radius 2 is 1.76 bits per heavy atom. The number of hydrogen-bond acceptors (Lipinski definition) is 5. The fourth-order valence-electron chi connectivity index (χ4n) is 3.45. The van der Waals surface area contributed by atoms with Crippen LogP contribution in [-0.2, 0) is 17.8 Å². The molecule has 6 heteroatoms. The summed E-state index contributed by atoms with van der Waals surface area (Å²) >= 11 is 1.38. The summed E-state index contributed by atoms with van der Waals surface area (Å²) in [6.07, 6.45) is 2.75. The quantitative estimate of drug-likeness (QED) is 0.403. The summed E-state index contributed by atoms with van der Waals surface area (Å²) < 4.78 is 11.5. The number of nitrogens with zero attached hydrogens (tertiary/aromatic N) is 2. The number of hydrogen-bond donors (Lipinski definition) is 0. The number of methoxy groups -OCH3 is 1. The molecule has 0 bridgehead atoms. The Bertz CT molecular complexity index is 1200. The van der Waals surface area contributed by atoms with Gasteiger partial charge >= 0.3 is 0 Å². The highest BCUT2D eigenvalue weighted by molar-refractivity contribution is 8.18. The lowest BCUT2D eigenvalue weighted by Crippen LogP contribution is -2.23. The first kappa shape index (κ1) is 22.7. The third-order valence-corrected chi connectivity index (χ3v) is 6.37. The molecule has 0 aromatic heterocycles. The molecule has 1 amide bonds. The third-order valence-electron chi connectivity index (χ3n) is 5.31. The van der Waals surface area contributed by atoms with E-state index in [9.17, 15) is 4.79 Å². The molecule has 1 aliphatic heterocycles. The van der Waals surface area contributed by atoms with Crippen LogP contribution in [0.1, 0.15) is 23.6 Å². The molecule has 1 fully saturated rings. The molecule has 0 saturated carbocycles. The smallest absolute Gasteiger partial charge is 0.266 e. The van der Waals surface area contributed by atoms with Crippen LogP contribution >= 0.6 is 11.8 Å². The Morgan fingerprint density at radius 3 is 2.52 bits per heavy atom. The zero-order valence-corrected chi connectivity index (χ0v) is 19.8. The Kier molecular flexibility index (Phi) is 7.15. The summed E-state index contributed by atoms with van der Waals surface area (Å²) in [6.45, 7) is 2.55. The number of benzene rings is 3. The first-order valence-corrected chi connectivity index (χ1v) is 11.6. The van der Waals surface area contributed by atoms with Crippen molar-refractivity contribution in [1.82, 2.24) is 4.90 Å². The molecule has 0 unspecified atom stereocenters. The van der Waals surface area contributed by atoms with Crippen LogP contribution in [0.25, 0.3) is 6.08 Å². The molecule has 1 aliphatic rings. The number of carbonyl (C=O) groups excluding carboxylic acids is 1. The summed E-state index contributed by atoms with van der Waals surface area (Å²) in [5.74, 6) is 1.20. The molecule has 0 spiro atoms. The molecule has 3 aromatic rings. The van der Waals surface area contributed by atoms with Crippen molar-refractivity contribution < 1.29 is 14.3 Å². The minimum atomic E-state index is -0.0731. The predicted molar refractivity (Wildman–Crippen MR) is 135 cm³/mol. The van der Waals surface area contributed by atoms with E-state index in [1.165, 1.54) is 11.8 Å². The van der Waals surface area contributed by atoms with Crippen LogP contribution in [0.15, 0.2) is 82.7 Å². The topological polar surface area (TPSA) is 51.1 Å². The highest BCUT2D eigenvalue weighted by atomic mass is 32.2. The highest BCUT2D eigenvalue weighted by Gasteiger charge is 2.30. The summed E-state index contributed by atoms with van der Waals surface area (Å²) in [7, 11) is 3.37. The van der Waals surface area contributed by atoms with E-state index in [1.54, 1.807) is 19.1 Å². The molecule has 168 valence electrons. The van der Waals surface area contributed by atoms with Gasteiger partial charge in [-0.05, 0) is 59.1 Å². The zero-order valence-electron chi connectivity index (χ0n) is 18.9. The van der Waals surface area contributed by atoms with Crippen molar-refractivity contribution >= 4 is 34.6 Å². The molecular formula is C27H26N2O3S. The molecule has 1 saturated heterocycles. The van der Waals surface area contributed by atoms with Gasteiger partial charge in [0.05, 0.1) is 17.7 Å². The van der Waals surface area contributed by atoms with E-state index in [0.717, 1.165) is 28.8 Å². The number of likely N-dealkylation sites (N-methyl/N-ethyl adjacent to an activating group) is 1. The lowest BCUT2D eigenvalue weighted by Gasteiger charge is -2.11. The molecule has 0 radical (unpaired) electrons. The van der Waals surface area contributed by atoms with Gasteiger partial charge in [-0.3, -0.25) is 9.69 Å². The lowest BCUT2D eigenvalue weighted by atomic mass is 10.1. The fraction of sp³-hybridized carbons (Fsp3) is 0.185. The fourth-order valence-corrected chi connectivity index (χ4v) is 4.43. The summed E-state index contributed by atoms with van der Waals surface area (Å²) in [5.41, 5.74) is 3.99. The summed E-state index contributed by atoms with van der Waals surface area (Å²) in [6, 6.07) is 23.7. The van der Waals surface area contributed by atoms with E-state index in [0.29, 0.717) is 28.2 Å². The van der Waals surface area contributed by atoms with Gasteiger partial charge in [0.1, 0.15) is 6.61 Å². The molecule has 33 heavy (non-hydrogen) atoms. The average molecular weight is 459 g/mol. The highest BCUT2D eigenvalue weighted by Crippen LogP contribution is 2.35. The number of amides is 1. The Hall–Kier alpha value is -3.51. The lowest BCUT2D eigenvalue weighted by molar-refractivity contribution is -0.121. The first-order valence-electron chi connectivity index (χ1n) is 10.8. The van der Waals surface area contributed by atoms with E-state index in [1.807, 2.05) is 72.8 Å². The van der Waals surface area contributed by atoms with E-state index in [-0.39, 0.29) is 5.91 Å². The second kappa shape index (κ2) is 10.4. The van der Waals surface area contributed by atoms with Crippen LogP contribution in [0.3, 0.4) is 0 Å². The standard InChI is InChI=1S/C27H26N2O3S/c1-4-21-12-8-9-13-22(21)28-27-29(2)26(30)25(33-27)17-20-14-15-23(24(16-20)31-3)32-18-19-10-6-5-7-11-19/h5-17H,4,18H2,1-3H3/b25-17+,28-27?. The van der Waals surface area contributed by atoms with Crippen molar-refractivity contribution in [3.8, 4) is 11.5 Å². The second-order valence-corrected chi connectivity index (χ2v) is 8.55. The Morgan fingerprint density at radius 1 is 1.00 bits per heavy atom. The van der Waals surface area contributed by atoms with E-state index in [2.05, 4.69) is 13.0 Å². The summed E-state index contributed by atoms with van der Waals surface area (Å²) in [4.78, 5) is 19.8. The molecular weight excluding hydrogens is 432 g/mol. The van der Waals surface area contributed by atoms with Crippen LogP contribution < -0.4 is 9.47 Å². The number of thioether (sulfide) groups is 1. The Labute approximate surface area is 198 Å². The number of para-hydroxylation sites is 1. The van der Waals surface area contributed by atoms with Gasteiger partial charge in [-0.25, -0.2) is 4.99 Å². The van der Waals surface area contributed by atoms with Crippen molar-refractivity contribution in [3.63, 3.8) is 0 Å². The van der Waals surface area contributed by atoms with E-state index >= 15 is 0 Å². The normalized spacial score (nSPS) is 16.0. The molecule has 0 atom stereocenters. The third kappa shape index (κ3) is 5.29. The summed E-state index contributed by atoms with van der Waals surface area (Å²) in [5, 5.41) is 0.668. The van der Waals surface area contributed by atoms with Crippen molar-refractivity contribution in [1.29, 1.82) is 0 Å². The van der Waals surface area contributed by atoms with Crippen molar-refractivity contribution in [2.24, 2.45) is 4.99 Å². The molecule has 1 heterocycles. The zero-order chi connectivity index (χ0) is 23.2. The van der Waals surface area contributed by atoms with Gasteiger partial charge in [0, 0.05) is 7.05 Å². The van der Waals surface area contributed by atoms with Crippen molar-refractivity contribution in [3.05, 3.63) is 94.4 Å². The number of aliphatic imine (C=N–C) groups is 1. The largest absolute Gasteiger partial charge is 0.493 e. The van der Waals surface area contributed by atoms with Crippen molar-refractivity contribution in [2.75, 3.05) is 14.2 Å². The Balaban J connectivity index is 1.54. The molecule has 5 nitrogen and oxygen atoms in total. The number of carbonyl (C=O) groups is 1. The van der Waals surface area contributed by atoms with Crippen LogP contribution in [0.5, 0.6) is 11.5 Å². The number of rotatable bonds is 7. The maximum Gasteiger partial charge on any atom is 0.266 e. The maximum atomic E-state index is 12.8. The van der Waals surface area contributed by atoms with Gasteiger partial charge in [-0.1, -0.05) is 61.5 Å². The van der Waals surface area contributed by atoms with Crippen LogP contribution in [0.2, 0.25) is 0 Å². The first-order chi connectivity index (χ1) is 16.1.